The van der Waals surface area contributed by atoms with Crippen molar-refractivity contribution in [2.45, 2.75) is 30.4 Å². The van der Waals surface area contributed by atoms with Crippen molar-refractivity contribution in [1.29, 1.82) is 0 Å². The smallest absolute Gasteiger partial charge is 0.243 e. The number of nitrogens with one attached hydrogen (secondary N) is 1. The van der Waals surface area contributed by atoms with Gasteiger partial charge in [0.25, 0.3) is 0 Å². The number of hydrogen-bond donors (Lipinski definition) is 1. The van der Waals surface area contributed by atoms with Crippen LogP contribution in [0.3, 0.4) is 0 Å². The van der Waals surface area contributed by atoms with Crippen molar-refractivity contribution in [3.05, 3.63) is 64.7 Å². The zero-order valence-corrected chi connectivity index (χ0v) is 19.4. The zero-order valence-electron chi connectivity index (χ0n) is 17.0. The molecule has 1 aliphatic heterocycles. The van der Waals surface area contributed by atoms with Crippen LogP contribution in [0.2, 0.25) is 5.02 Å². The highest BCUT2D eigenvalue weighted by molar-refractivity contribution is 7.98. The fourth-order valence-corrected chi connectivity index (χ4v) is 5.98. The highest BCUT2D eigenvalue weighted by Crippen LogP contribution is 2.24. The Morgan fingerprint density at radius 1 is 1.23 bits per heavy atom. The summed E-state index contributed by atoms with van der Waals surface area (Å²) < 4.78 is 27.3. The van der Waals surface area contributed by atoms with Gasteiger partial charge in [0.05, 0.1) is 10.8 Å². The topological polar surface area (TPSA) is 66.5 Å². The molecule has 162 valence electrons. The largest absolute Gasteiger partial charge is 0.355 e. The van der Waals surface area contributed by atoms with E-state index in [4.69, 9.17) is 11.6 Å². The molecule has 1 heterocycles. The number of carbonyl (C=O) groups is 1. The van der Waals surface area contributed by atoms with E-state index in [2.05, 4.69) is 5.32 Å². The first kappa shape index (κ1) is 23.1. The van der Waals surface area contributed by atoms with Crippen LogP contribution >= 0.6 is 23.4 Å². The Balaban J connectivity index is 1.46. The van der Waals surface area contributed by atoms with Gasteiger partial charge in [-0.15, -0.1) is 0 Å². The summed E-state index contributed by atoms with van der Waals surface area (Å²) in [4.78, 5) is 12.9. The molecule has 0 aromatic heterocycles. The molecule has 1 aliphatic rings. The van der Waals surface area contributed by atoms with E-state index < -0.39 is 10.0 Å². The number of amides is 1. The molecular formula is C22H27ClN2O3S2. The number of sulfonamides is 1. The number of piperidine rings is 1. The van der Waals surface area contributed by atoms with Crippen LogP contribution in [0.25, 0.3) is 0 Å². The lowest BCUT2D eigenvalue weighted by molar-refractivity contribution is -0.125. The van der Waals surface area contributed by atoms with E-state index in [1.165, 1.54) is 4.31 Å². The predicted molar refractivity (Wildman–Crippen MR) is 123 cm³/mol. The normalized spacial score (nSPS) is 17.6. The molecule has 1 atom stereocenters. The standard InChI is InChI=1S/C22H27ClN2O3S2/c1-17-7-9-21(10-8-17)30(27,28)25-12-3-5-19(15-25)22(26)24-11-13-29-16-18-4-2-6-20(23)14-18/h2,4,6-10,14,19H,3,5,11-13,15-16H2,1H3,(H,24,26). The second kappa shape index (κ2) is 10.7. The summed E-state index contributed by atoms with van der Waals surface area (Å²) in [5, 5.41) is 3.69. The van der Waals surface area contributed by atoms with Crippen LogP contribution in [0.1, 0.15) is 24.0 Å². The van der Waals surface area contributed by atoms with E-state index in [1.54, 1.807) is 36.0 Å². The number of aryl methyl sites for hydroxylation is 1. The summed E-state index contributed by atoms with van der Waals surface area (Å²) in [6.07, 6.45) is 1.40. The second-order valence-electron chi connectivity index (χ2n) is 7.49. The third kappa shape index (κ3) is 6.23. The number of benzene rings is 2. The maximum absolute atomic E-state index is 12.9. The number of carbonyl (C=O) groups excluding carboxylic acids is 1. The Labute approximate surface area is 188 Å². The predicted octanol–water partition coefficient (Wildman–Crippen LogP) is 4.10. The molecule has 1 unspecified atom stereocenters. The third-order valence-electron chi connectivity index (χ3n) is 5.12. The molecule has 1 saturated heterocycles. The van der Waals surface area contributed by atoms with Gasteiger partial charge in [0.2, 0.25) is 15.9 Å². The van der Waals surface area contributed by atoms with Crippen molar-refractivity contribution in [2.24, 2.45) is 5.92 Å². The molecule has 0 radical (unpaired) electrons. The van der Waals surface area contributed by atoms with Gasteiger partial charge in [-0.2, -0.15) is 16.1 Å². The van der Waals surface area contributed by atoms with Crippen LogP contribution in [0.5, 0.6) is 0 Å². The summed E-state index contributed by atoms with van der Waals surface area (Å²) in [7, 11) is -3.57. The average molecular weight is 467 g/mol. The lowest BCUT2D eigenvalue weighted by atomic mass is 9.99. The molecule has 2 aromatic carbocycles. The highest BCUT2D eigenvalue weighted by Gasteiger charge is 2.33. The van der Waals surface area contributed by atoms with E-state index in [-0.39, 0.29) is 23.3 Å². The van der Waals surface area contributed by atoms with Gasteiger partial charge in [0, 0.05) is 36.2 Å². The van der Waals surface area contributed by atoms with E-state index in [1.807, 2.05) is 31.2 Å². The Kier molecular flexibility index (Phi) is 8.22. The summed E-state index contributed by atoms with van der Waals surface area (Å²) in [6.45, 7) is 3.17. The zero-order chi connectivity index (χ0) is 21.6. The molecule has 2 aromatic rings. The molecule has 0 aliphatic carbocycles. The molecule has 1 fully saturated rings. The summed E-state index contributed by atoms with van der Waals surface area (Å²) in [5.41, 5.74) is 2.17. The maximum atomic E-state index is 12.9. The quantitative estimate of drug-likeness (QED) is 0.595. The fraction of sp³-hybridized carbons (Fsp3) is 0.409. The second-order valence-corrected chi connectivity index (χ2v) is 11.0. The van der Waals surface area contributed by atoms with E-state index in [0.29, 0.717) is 25.9 Å². The lowest BCUT2D eigenvalue weighted by Gasteiger charge is -2.31. The minimum absolute atomic E-state index is 0.0674. The average Bonchev–Trinajstić information content (AvgIpc) is 2.74. The van der Waals surface area contributed by atoms with E-state index in [9.17, 15) is 13.2 Å². The Morgan fingerprint density at radius 3 is 2.73 bits per heavy atom. The minimum atomic E-state index is -3.57. The first-order valence-corrected chi connectivity index (χ1v) is 13.0. The Morgan fingerprint density at radius 2 is 2.00 bits per heavy atom. The van der Waals surface area contributed by atoms with Gasteiger partial charge in [0.15, 0.2) is 0 Å². The van der Waals surface area contributed by atoms with Gasteiger partial charge in [0.1, 0.15) is 0 Å². The molecule has 1 N–H and O–H groups in total. The number of hydrogen-bond acceptors (Lipinski definition) is 4. The summed E-state index contributed by atoms with van der Waals surface area (Å²) >= 11 is 7.72. The minimum Gasteiger partial charge on any atom is -0.355 e. The first-order valence-electron chi connectivity index (χ1n) is 10.0. The van der Waals surface area contributed by atoms with Crippen molar-refractivity contribution in [1.82, 2.24) is 9.62 Å². The number of rotatable bonds is 8. The van der Waals surface area contributed by atoms with Crippen LogP contribution < -0.4 is 5.32 Å². The molecule has 1 amide bonds. The first-order chi connectivity index (χ1) is 14.4. The lowest BCUT2D eigenvalue weighted by Crippen LogP contribution is -2.45. The fourth-order valence-electron chi connectivity index (χ4n) is 3.44. The summed E-state index contributed by atoms with van der Waals surface area (Å²) in [6, 6.07) is 14.6. The molecular weight excluding hydrogens is 440 g/mol. The van der Waals surface area contributed by atoms with Crippen LogP contribution in [-0.4, -0.2) is 44.0 Å². The van der Waals surface area contributed by atoms with Gasteiger partial charge in [-0.05, 0) is 49.6 Å². The van der Waals surface area contributed by atoms with Crippen LogP contribution in [0.15, 0.2) is 53.4 Å². The van der Waals surface area contributed by atoms with Gasteiger partial charge >= 0.3 is 0 Å². The maximum Gasteiger partial charge on any atom is 0.243 e. The van der Waals surface area contributed by atoms with Crippen LogP contribution in [0, 0.1) is 12.8 Å². The number of thioether (sulfide) groups is 1. The Hall–Kier alpha value is -1.54. The van der Waals surface area contributed by atoms with Crippen molar-refractivity contribution in [3.8, 4) is 0 Å². The molecule has 0 bridgehead atoms. The third-order valence-corrected chi connectivity index (χ3v) is 8.26. The van der Waals surface area contributed by atoms with Gasteiger partial charge < -0.3 is 5.32 Å². The summed E-state index contributed by atoms with van der Waals surface area (Å²) in [5.74, 6) is 1.25. The number of halogens is 1. The van der Waals surface area contributed by atoms with Crippen molar-refractivity contribution >= 4 is 39.3 Å². The van der Waals surface area contributed by atoms with E-state index >= 15 is 0 Å². The molecule has 5 nitrogen and oxygen atoms in total. The van der Waals surface area contributed by atoms with Crippen LogP contribution in [-0.2, 0) is 20.6 Å². The molecule has 8 heteroatoms. The number of nitrogens with zero attached hydrogens (tertiary/aromatic N) is 1. The van der Waals surface area contributed by atoms with Gasteiger partial charge in [-0.1, -0.05) is 41.4 Å². The molecule has 3 rings (SSSR count). The van der Waals surface area contributed by atoms with Crippen molar-refractivity contribution in [2.75, 3.05) is 25.4 Å². The SMILES string of the molecule is Cc1ccc(S(=O)(=O)N2CCCC(C(=O)NCCSCc3cccc(Cl)c3)C2)cc1. The van der Waals surface area contributed by atoms with Gasteiger partial charge in [-0.25, -0.2) is 8.42 Å². The molecule has 0 spiro atoms. The monoisotopic (exact) mass is 466 g/mol. The Bertz CT molecular complexity index is 965. The van der Waals surface area contributed by atoms with Crippen molar-refractivity contribution < 1.29 is 13.2 Å². The van der Waals surface area contributed by atoms with Crippen LogP contribution in [0.4, 0.5) is 0 Å². The molecule has 30 heavy (non-hydrogen) atoms. The van der Waals surface area contributed by atoms with Gasteiger partial charge in [-0.3, -0.25) is 4.79 Å². The van der Waals surface area contributed by atoms with Crippen molar-refractivity contribution in [3.63, 3.8) is 0 Å². The highest BCUT2D eigenvalue weighted by atomic mass is 35.5. The molecule has 0 saturated carbocycles. The van der Waals surface area contributed by atoms with E-state index in [0.717, 1.165) is 27.7 Å².